The quantitative estimate of drug-likeness (QED) is 0.0627. The van der Waals surface area contributed by atoms with E-state index in [-0.39, 0.29) is 35.9 Å². The van der Waals surface area contributed by atoms with E-state index in [9.17, 15) is 24.5 Å². The van der Waals surface area contributed by atoms with Crippen LogP contribution in [0.4, 0.5) is 16.2 Å². The monoisotopic (exact) mass is 609 g/mol. The zero-order valence-electron chi connectivity index (χ0n) is 25.2. The maximum absolute atomic E-state index is 13.8. The summed E-state index contributed by atoms with van der Waals surface area (Å²) in [4.78, 5) is 50.3. The van der Waals surface area contributed by atoms with Gasteiger partial charge in [-0.1, -0.05) is 18.2 Å². The predicted molar refractivity (Wildman–Crippen MR) is 170 cm³/mol. The molecule has 1 aliphatic heterocycles. The summed E-state index contributed by atoms with van der Waals surface area (Å²) in [5, 5.41) is 14.9. The maximum Gasteiger partial charge on any atom is 0.513 e. The lowest BCUT2D eigenvalue weighted by Gasteiger charge is -2.22. The molecular formula is C34H31N3O8. The molecule has 0 unspecified atom stereocenters. The number of nitrogens with zero attached hydrogens (tertiary/aromatic N) is 2. The number of hydrogen-bond donors (Lipinski definition) is 1. The van der Waals surface area contributed by atoms with Gasteiger partial charge < -0.3 is 24.1 Å². The van der Waals surface area contributed by atoms with Gasteiger partial charge in [-0.3, -0.25) is 19.7 Å². The summed E-state index contributed by atoms with van der Waals surface area (Å²) in [5.74, 6) is 0.193. The van der Waals surface area contributed by atoms with E-state index in [1.165, 1.54) is 35.2 Å². The summed E-state index contributed by atoms with van der Waals surface area (Å²) in [5.41, 5.74) is 5.28. The molecule has 45 heavy (non-hydrogen) atoms. The molecule has 5 rings (SSSR count). The van der Waals surface area contributed by atoms with Crippen molar-refractivity contribution < 1.29 is 28.4 Å². The zero-order valence-corrected chi connectivity index (χ0v) is 25.2. The van der Waals surface area contributed by atoms with Crippen LogP contribution in [0, 0.1) is 24.0 Å². The molecular weight excluding hydrogens is 578 g/mol. The van der Waals surface area contributed by atoms with E-state index in [1.54, 1.807) is 32.2 Å². The van der Waals surface area contributed by atoms with E-state index in [0.29, 0.717) is 33.6 Å². The van der Waals surface area contributed by atoms with E-state index in [2.05, 4.69) is 5.32 Å². The topological polar surface area (TPSA) is 141 Å². The normalized spacial score (nSPS) is 10.9. The van der Waals surface area contributed by atoms with E-state index < -0.39 is 11.1 Å². The van der Waals surface area contributed by atoms with Crippen molar-refractivity contribution in [2.75, 3.05) is 32.1 Å². The van der Waals surface area contributed by atoms with Crippen molar-refractivity contribution in [1.82, 2.24) is 4.90 Å². The number of likely N-dealkylation sites (N-methyl/N-ethyl adjacent to an activating group) is 1. The summed E-state index contributed by atoms with van der Waals surface area (Å²) >= 11 is 0. The van der Waals surface area contributed by atoms with Crippen molar-refractivity contribution in [3.8, 4) is 28.2 Å². The molecule has 0 radical (unpaired) electrons. The minimum atomic E-state index is -1.00. The summed E-state index contributed by atoms with van der Waals surface area (Å²) in [7, 11) is 1.60. The fourth-order valence-electron chi connectivity index (χ4n) is 5.07. The largest absolute Gasteiger partial charge is 0.513 e. The first kappa shape index (κ1) is 30.7. The Morgan fingerprint density at radius 1 is 0.978 bits per heavy atom. The van der Waals surface area contributed by atoms with Gasteiger partial charge >= 0.3 is 6.16 Å². The Balaban J connectivity index is 1.43. The molecule has 0 saturated carbocycles. The molecule has 1 amide bonds. The van der Waals surface area contributed by atoms with Gasteiger partial charge in [0.1, 0.15) is 23.7 Å². The molecule has 0 bridgehead atoms. The molecule has 0 atom stereocenters. The van der Waals surface area contributed by atoms with Crippen LogP contribution >= 0.6 is 0 Å². The molecule has 1 heterocycles. The number of aryl methyl sites for hydroxylation is 2. The van der Waals surface area contributed by atoms with E-state index in [4.69, 9.17) is 13.9 Å². The van der Waals surface area contributed by atoms with Crippen LogP contribution in [-0.2, 0) is 4.74 Å². The van der Waals surface area contributed by atoms with Gasteiger partial charge in [0.2, 0.25) is 0 Å². The van der Waals surface area contributed by atoms with Crippen molar-refractivity contribution >= 4 is 34.4 Å². The highest BCUT2D eigenvalue weighted by Gasteiger charge is 2.24. The number of benzene rings is 4. The number of hydrogen-bond acceptors (Lipinski definition) is 9. The number of fused-ring (bicyclic) bond motifs is 2. The molecule has 0 spiro atoms. The second-order valence-electron chi connectivity index (χ2n) is 10.5. The van der Waals surface area contributed by atoms with Crippen molar-refractivity contribution in [3.05, 3.63) is 110 Å². The number of carbonyl (C=O) groups excluding carboxylic acids is 2. The molecule has 11 heteroatoms. The number of nitro benzene ring substituents is 1. The molecule has 0 aromatic heterocycles. The van der Waals surface area contributed by atoms with Crippen molar-refractivity contribution in [2.45, 2.75) is 20.8 Å². The number of non-ortho nitro benzene ring substituents is 1. The molecule has 0 fully saturated rings. The van der Waals surface area contributed by atoms with Crippen LogP contribution in [0.25, 0.3) is 33.4 Å². The summed E-state index contributed by atoms with van der Waals surface area (Å²) in [6, 6.07) is 19.4. The Bertz CT molecular complexity index is 1950. The van der Waals surface area contributed by atoms with Crippen molar-refractivity contribution in [3.63, 3.8) is 0 Å². The van der Waals surface area contributed by atoms with Gasteiger partial charge in [0.15, 0.2) is 5.43 Å². The number of rotatable bonds is 9. The number of anilines is 1. The minimum Gasteiger partial charge on any atom is -0.456 e. The molecule has 1 aliphatic carbocycles. The highest BCUT2D eigenvalue weighted by molar-refractivity contribution is 6.09. The van der Waals surface area contributed by atoms with E-state index >= 15 is 0 Å². The fourth-order valence-corrected chi connectivity index (χ4v) is 5.07. The number of amides is 1. The third-order valence-corrected chi connectivity index (χ3v) is 7.40. The summed E-state index contributed by atoms with van der Waals surface area (Å²) in [6.45, 7) is 6.38. The Kier molecular flexibility index (Phi) is 8.80. The van der Waals surface area contributed by atoms with Crippen LogP contribution in [0.2, 0.25) is 0 Å². The standard InChI is InChI=1S/C34H31N3O8/c1-5-35-28-18-30-26(16-20(28)2)32(27-17-21(3)29(38)19-31(27)45-30)24-8-6-7-9-25(24)33(39)36(4)14-15-43-34(40)44-23-12-10-22(11-13-23)37(41)42/h6-13,16-19,35H,5,14-15H2,1-4H3. The smallest absolute Gasteiger partial charge is 0.456 e. The molecule has 230 valence electrons. The Hall–Kier alpha value is -5.71. The van der Waals surface area contributed by atoms with Crippen molar-refractivity contribution in [2.24, 2.45) is 0 Å². The van der Waals surface area contributed by atoms with Gasteiger partial charge in [-0.05, 0) is 67.8 Å². The molecule has 3 aromatic rings. The minimum absolute atomic E-state index is 0.0674. The van der Waals surface area contributed by atoms with Gasteiger partial charge in [-0.15, -0.1) is 0 Å². The first-order chi connectivity index (χ1) is 21.6. The maximum atomic E-state index is 13.8. The lowest BCUT2D eigenvalue weighted by Crippen LogP contribution is -2.31. The molecule has 2 aliphatic rings. The van der Waals surface area contributed by atoms with Crippen LogP contribution in [0.1, 0.15) is 28.4 Å². The third-order valence-electron chi connectivity index (χ3n) is 7.40. The summed E-state index contributed by atoms with van der Waals surface area (Å²) in [6.07, 6.45) is -1.00. The predicted octanol–water partition coefficient (Wildman–Crippen LogP) is 6.81. The second-order valence-corrected chi connectivity index (χ2v) is 10.5. The summed E-state index contributed by atoms with van der Waals surface area (Å²) < 4.78 is 16.4. The van der Waals surface area contributed by atoms with Crippen LogP contribution in [0.15, 0.2) is 82.0 Å². The molecule has 3 aromatic carbocycles. The molecule has 11 nitrogen and oxygen atoms in total. The van der Waals surface area contributed by atoms with Gasteiger partial charge in [0.25, 0.3) is 11.6 Å². The lowest BCUT2D eigenvalue weighted by molar-refractivity contribution is -0.384. The van der Waals surface area contributed by atoms with Gasteiger partial charge in [0, 0.05) is 65.6 Å². The van der Waals surface area contributed by atoms with Gasteiger partial charge in [-0.25, -0.2) is 4.79 Å². The highest BCUT2D eigenvalue weighted by atomic mass is 16.7. The number of nitrogens with one attached hydrogen (secondary N) is 1. The SMILES string of the molecule is CCNc1cc2oc3cc(=O)c(C)cc-3c(-c3ccccc3C(=O)N(C)CCOC(=O)Oc3ccc([N+](=O)[O-])cc3)c2cc1C. The Morgan fingerprint density at radius 2 is 1.71 bits per heavy atom. The number of nitro groups is 1. The zero-order chi connectivity index (χ0) is 32.2. The van der Waals surface area contributed by atoms with Crippen LogP contribution in [-0.4, -0.2) is 48.6 Å². The Labute approximate surface area is 258 Å². The van der Waals surface area contributed by atoms with E-state index in [0.717, 1.165) is 28.7 Å². The second kappa shape index (κ2) is 12.9. The fraction of sp³-hybridized carbons (Fsp3) is 0.206. The Morgan fingerprint density at radius 3 is 2.42 bits per heavy atom. The first-order valence-electron chi connectivity index (χ1n) is 14.3. The average Bonchev–Trinajstić information content (AvgIpc) is 3.01. The van der Waals surface area contributed by atoms with Crippen molar-refractivity contribution in [1.29, 1.82) is 0 Å². The molecule has 1 N–H and O–H groups in total. The number of carbonyl (C=O) groups is 2. The van der Waals surface area contributed by atoms with Crippen LogP contribution < -0.4 is 15.5 Å². The van der Waals surface area contributed by atoms with Gasteiger partial charge in [-0.2, -0.15) is 0 Å². The lowest BCUT2D eigenvalue weighted by atomic mass is 9.89. The third kappa shape index (κ3) is 6.47. The number of ether oxygens (including phenoxy) is 2. The van der Waals surface area contributed by atoms with Crippen LogP contribution in [0.5, 0.6) is 5.75 Å². The van der Waals surface area contributed by atoms with E-state index in [1.807, 2.05) is 38.1 Å². The average molecular weight is 610 g/mol. The van der Waals surface area contributed by atoms with Gasteiger partial charge in [0.05, 0.1) is 11.5 Å². The highest BCUT2D eigenvalue weighted by Crippen LogP contribution is 2.43. The first-order valence-corrected chi connectivity index (χ1v) is 14.3. The van der Waals surface area contributed by atoms with Crippen LogP contribution in [0.3, 0.4) is 0 Å². The molecule has 0 saturated heterocycles.